The van der Waals surface area contributed by atoms with Gasteiger partial charge in [-0.3, -0.25) is 4.68 Å². The second-order valence-electron chi connectivity index (χ2n) is 3.60. The molecule has 0 aliphatic heterocycles. The SMILES string of the molecule is CCCCCn1cc(CNCC)cn1. The first-order valence-electron chi connectivity index (χ1n) is 5.58. The smallest absolute Gasteiger partial charge is 0.0534 e. The molecule has 3 nitrogen and oxygen atoms in total. The van der Waals surface area contributed by atoms with E-state index in [9.17, 15) is 0 Å². The first kappa shape index (κ1) is 11.2. The molecule has 14 heavy (non-hydrogen) atoms. The van der Waals surface area contributed by atoms with Gasteiger partial charge in [0.2, 0.25) is 0 Å². The Morgan fingerprint density at radius 2 is 2.21 bits per heavy atom. The number of unbranched alkanes of at least 4 members (excludes halogenated alkanes) is 2. The molecule has 0 amide bonds. The summed E-state index contributed by atoms with van der Waals surface area (Å²) in [7, 11) is 0. The summed E-state index contributed by atoms with van der Waals surface area (Å²) < 4.78 is 2.04. The quantitative estimate of drug-likeness (QED) is 0.676. The minimum absolute atomic E-state index is 0.935. The summed E-state index contributed by atoms with van der Waals surface area (Å²) >= 11 is 0. The molecule has 0 aliphatic carbocycles. The Bertz CT molecular complexity index is 242. The van der Waals surface area contributed by atoms with Gasteiger partial charge in [-0.25, -0.2) is 0 Å². The van der Waals surface area contributed by atoms with Crippen molar-refractivity contribution in [1.82, 2.24) is 15.1 Å². The van der Waals surface area contributed by atoms with Gasteiger partial charge in [0.1, 0.15) is 0 Å². The van der Waals surface area contributed by atoms with Gasteiger partial charge in [-0.1, -0.05) is 26.7 Å². The fraction of sp³-hybridized carbons (Fsp3) is 0.727. The predicted octanol–water partition coefficient (Wildman–Crippen LogP) is 2.18. The Balaban J connectivity index is 2.27. The van der Waals surface area contributed by atoms with Crippen LogP contribution < -0.4 is 5.32 Å². The van der Waals surface area contributed by atoms with E-state index in [4.69, 9.17) is 0 Å². The first-order chi connectivity index (χ1) is 6.86. The second-order valence-corrected chi connectivity index (χ2v) is 3.60. The summed E-state index contributed by atoms with van der Waals surface area (Å²) in [6, 6.07) is 0. The van der Waals surface area contributed by atoms with Crippen molar-refractivity contribution in [2.75, 3.05) is 6.54 Å². The zero-order chi connectivity index (χ0) is 10.2. The normalized spacial score (nSPS) is 10.7. The van der Waals surface area contributed by atoms with Gasteiger partial charge in [0.15, 0.2) is 0 Å². The molecule has 0 aromatic carbocycles. The van der Waals surface area contributed by atoms with Crippen molar-refractivity contribution in [3.63, 3.8) is 0 Å². The third kappa shape index (κ3) is 3.92. The Hall–Kier alpha value is -0.830. The zero-order valence-electron chi connectivity index (χ0n) is 9.29. The van der Waals surface area contributed by atoms with Crippen molar-refractivity contribution >= 4 is 0 Å². The standard InChI is InChI=1S/C11H21N3/c1-3-5-6-7-14-10-11(9-13-14)8-12-4-2/h9-10,12H,3-8H2,1-2H3. The fourth-order valence-electron chi connectivity index (χ4n) is 1.41. The predicted molar refractivity (Wildman–Crippen MR) is 59.1 cm³/mol. The lowest BCUT2D eigenvalue weighted by molar-refractivity contribution is 0.552. The Morgan fingerprint density at radius 1 is 1.36 bits per heavy atom. The Kier molecular flexibility index (Phi) is 5.30. The van der Waals surface area contributed by atoms with Crippen molar-refractivity contribution in [3.05, 3.63) is 18.0 Å². The molecule has 1 aromatic heterocycles. The van der Waals surface area contributed by atoms with Crippen LogP contribution in [0.25, 0.3) is 0 Å². The minimum Gasteiger partial charge on any atom is -0.313 e. The molecule has 0 unspecified atom stereocenters. The minimum atomic E-state index is 0.935. The van der Waals surface area contributed by atoms with Crippen LogP contribution in [-0.4, -0.2) is 16.3 Å². The van der Waals surface area contributed by atoms with E-state index in [2.05, 4.69) is 30.5 Å². The third-order valence-corrected chi connectivity index (χ3v) is 2.26. The van der Waals surface area contributed by atoms with Crippen LogP contribution in [0.3, 0.4) is 0 Å². The van der Waals surface area contributed by atoms with E-state index in [0.29, 0.717) is 0 Å². The van der Waals surface area contributed by atoms with Crippen molar-refractivity contribution in [2.45, 2.75) is 46.2 Å². The summed E-state index contributed by atoms with van der Waals surface area (Å²) in [5.41, 5.74) is 1.28. The molecular formula is C11H21N3. The lowest BCUT2D eigenvalue weighted by atomic mass is 10.2. The van der Waals surface area contributed by atoms with Gasteiger partial charge in [0.05, 0.1) is 6.20 Å². The number of rotatable bonds is 7. The highest BCUT2D eigenvalue weighted by Crippen LogP contribution is 2.01. The molecule has 0 bridgehead atoms. The summed E-state index contributed by atoms with van der Waals surface area (Å²) in [6.07, 6.45) is 7.89. The lowest BCUT2D eigenvalue weighted by Crippen LogP contribution is -2.11. The molecule has 0 fully saturated rings. The van der Waals surface area contributed by atoms with Gasteiger partial charge in [-0.2, -0.15) is 5.10 Å². The van der Waals surface area contributed by atoms with Gasteiger partial charge in [-0.15, -0.1) is 0 Å². The third-order valence-electron chi connectivity index (χ3n) is 2.26. The molecule has 1 aromatic rings. The van der Waals surface area contributed by atoms with Crippen LogP contribution >= 0.6 is 0 Å². The number of aryl methyl sites for hydroxylation is 1. The largest absolute Gasteiger partial charge is 0.313 e. The van der Waals surface area contributed by atoms with E-state index >= 15 is 0 Å². The van der Waals surface area contributed by atoms with Crippen LogP contribution in [-0.2, 0) is 13.1 Å². The Labute approximate surface area is 86.5 Å². The van der Waals surface area contributed by atoms with E-state index < -0.39 is 0 Å². The van der Waals surface area contributed by atoms with Crippen LogP contribution in [0.4, 0.5) is 0 Å². The second kappa shape index (κ2) is 6.60. The van der Waals surface area contributed by atoms with E-state index in [1.807, 2.05) is 10.9 Å². The van der Waals surface area contributed by atoms with Gasteiger partial charge in [0, 0.05) is 24.8 Å². The molecule has 0 radical (unpaired) electrons. The maximum Gasteiger partial charge on any atom is 0.0534 e. The number of hydrogen-bond donors (Lipinski definition) is 1. The average molecular weight is 195 g/mol. The van der Waals surface area contributed by atoms with Crippen LogP contribution in [0.2, 0.25) is 0 Å². The summed E-state index contributed by atoms with van der Waals surface area (Å²) in [5, 5.41) is 7.61. The maximum atomic E-state index is 4.32. The van der Waals surface area contributed by atoms with Gasteiger partial charge >= 0.3 is 0 Å². The number of nitrogens with zero attached hydrogens (tertiary/aromatic N) is 2. The van der Waals surface area contributed by atoms with Crippen LogP contribution in [0, 0.1) is 0 Å². The molecule has 0 aliphatic rings. The first-order valence-corrected chi connectivity index (χ1v) is 5.58. The molecule has 0 saturated heterocycles. The van der Waals surface area contributed by atoms with E-state index in [1.54, 1.807) is 0 Å². The molecule has 3 heteroatoms. The van der Waals surface area contributed by atoms with Crippen molar-refractivity contribution in [2.24, 2.45) is 0 Å². The van der Waals surface area contributed by atoms with E-state index in [0.717, 1.165) is 19.6 Å². The molecule has 1 rings (SSSR count). The zero-order valence-corrected chi connectivity index (χ0v) is 9.29. The monoisotopic (exact) mass is 195 g/mol. The molecule has 0 spiro atoms. The van der Waals surface area contributed by atoms with Gasteiger partial charge < -0.3 is 5.32 Å². The number of nitrogens with one attached hydrogen (secondary N) is 1. The van der Waals surface area contributed by atoms with Crippen LogP contribution in [0.1, 0.15) is 38.7 Å². The van der Waals surface area contributed by atoms with Gasteiger partial charge in [0.25, 0.3) is 0 Å². The lowest BCUT2D eigenvalue weighted by Gasteiger charge is -1.99. The highest BCUT2D eigenvalue weighted by atomic mass is 15.3. The highest BCUT2D eigenvalue weighted by molar-refractivity contribution is 5.02. The molecule has 1 N–H and O–H groups in total. The molecule has 80 valence electrons. The molecule has 0 saturated carbocycles. The summed E-state index contributed by atoms with van der Waals surface area (Å²) in [5.74, 6) is 0. The number of aromatic nitrogens is 2. The van der Waals surface area contributed by atoms with E-state index in [1.165, 1.54) is 24.8 Å². The molecular weight excluding hydrogens is 174 g/mol. The maximum absolute atomic E-state index is 4.32. The summed E-state index contributed by atoms with van der Waals surface area (Å²) in [4.78, 5) is 0. The van der Waals surface area contributed by atoms with Crippen molar-refractivity contribution in [1.29, 1.82) is 0 Å². The Morgan fingerprint density at radius 3 is 2.93 bits per heavy atom. The van der Waals surface area contributed by atoms with E-state index in [-0.39, 0.29) is 0 Å². The number of hydrogen-bond acceptors (Lipinski definition) is 2. The molecule has 1 heterocycles. The molecule has 0 atom stereocenters. The van der Waals surface area contributed by atoms with Gasteiger partial charge in [-0.05, 0) is 13.0 Å². The van der Waals surface area contributed by atoms with Crippen LogP contribution in [0.5, 0.6) is 0 Å². The highest BCUT2D eigenvalue weighted by Gasteiger charge is 1.96. The van der Waals surface area contributed by atoms with Crippen LogP contribution in [0.15, 0.2) is 12.4 Å². The van der Waals surface area contributed by atoms with Crippen molar-refractivity contribution in [3.8, 4) is 0 Å². The summed E-state index contributed by atoms with van der Waals surface area (Å²) in [6.45, 7) is 7.34. The average Bonchev–Trinajstić information content (AvgIpc) is 2.63. The fourth-order valence-corrected chi connectivity index (χ4v) is 1.41. The topological polar surface area (TPSA) is 29.9 Å². The van der Waals surface area contributed by atoms with Crippen molar-refractivity contribution < 1.29 is 0 Å².